The van der Waals surface area contributed by atoms with Crippen LogP contribution in [-0.4, -0.2) is 16.1 Å². The van der Waals surface area contributed by atoms with Crippen LogP contribution in [0.2, 0.25) is 0 Å². The number of aromatic nitrogens is 2. The van der Waals surface area contributed by atoms with Crippen LogP contribution in [0.1, 0.15) is 16.1 Å². The minimum atomic E-state index is -0.235. The minimum Gasteiger partial charge on any atom is -0.296 e. The fourth-order valence-corrected chi connectivity index (χ4v) is 1.36. The maximum absolute atomic E-state index is 11.5. The average molecular weight is 202 g/mol. The van der Waals surface area contributed by atoms with Crippen LogP contribution in [0.4, 0.5) is 0 Å². The number of aryl methyl sites for hydroxylation is 1. The van der Waals surface area contributed by atoms with Gasteiger partial charge < -0.3 is 0 Å². The van der Waals surface area contributed by atoms with Crippen molar-refractivity contribution in [3.05, 3.63) is 51.9 Å². The van der Waals surface area contributed by atoms with Gasteiger partial charge in [-0.05, 0) is 19.1 Å². The van der Waals surface area contributed by atoms with Crippen LogP contribution >= 0.6 is 0 Å². The molecule has 0 unspecified atom stereocenters. The molecule has 0 bridgehead atoms. The van der Waals surface area contributed by atoms with Crippen molar-refractivity contribution < 1.29 is 4.79 Å². The molecular weight excluding hydrogens is 192 g/mol. The van der Waals surface area contributed by atoms with Gasteiger partial charge in [0.2, 0.25) is 0 Å². The molecule has 0 saturated heterocycles. The van der Waals surface area contributed by atoms with Gasteiger partial charge in [0.25, 0.3) is 5.56 Å². The van der Waals surface area contributed by atoms with Gasteiger partial charge in [-0.1, -0.05) is 17.7 Å². The van der Waals surface area contributed by atoms with Gasteiger partial charge in [-0.2, -0.15) is 0 Å². The van der Waals surface area contributed by atoms with E-state index in [9.17, 15) is 9.59 Å². The lowest BCUT2D eigenvalue weighted by atomic mass is 10.2. The third kappa shape index (κ3) is 1.74. The molecule has 2 rings (SSSR count). The summed E-state index contributed by atoms with van der Waals surface area (Å²) in [5.74, 6) is 0. The molecule has 4 heteroatoms. The predicted octanol–water partition coefficient (Wildman–Crippen LogP) is 1.29. The van der Waals surface area contributed by atoms with Crippen molar-refractivity contribution in [2.75, 3.05) is 0 Å². The number of nitrogens with zero attached hydrogens (tertiary/aromatic N) is 1. The predicted molar refractivity (Wildman–Crippen MR) is 56.5 cm³/mol. The Hall–Kier alpha value is -2.10. The van der Waals surface area contributed by atoms with E-state index < -0.39 is 0 Å². The maximum atomic E-state index is 11.5. The summed E-state index contributed by atoms with van der Waals surface area (Å²) in [6.45, 7) is 1.97. The lowest BCUT2D eigenvalue weighted by Crippen LogP contribution is -2.13. The first-order valence-electron chi connectivity index (χ1n) is 4.55. The SMILES string of the molecule is Cc1ccc(-n2[nH]c(C=O)cc2=O)cc1. The molecule has 76 valence electrons. The number of aromatic amines is 1. The third-order valence-electron chi connectivity index (χ3n) is 2.16. The smallest absolute Gasteiger partial charge is 0.271 e. The molecule has 1 heterocycles. The van der Waals surface area contributed by atoms with E-state index in [1.165, 1.54) is 10.7 Å². The summed E-state index contributed by atoms with van der Waals surface area (Å²) in [4.78, 5) is 21.9. The molecule has 0 radical (unpaired) electrons. The van der Waals surface area contributed by atoms with Crippen LogP contribution in [-0.2, 0) is 0 Å². The quantitative estimate of drug-likeness (QED) is 0.746. The lowest BCUT2D eigenvalue weighted by molar-refractivity contribution is 0.111. The van der Waals surface area contributed by atoms with E-state index in [0.29, 0.717) is 6.29 Å². The molecule has 0 fully saturated rings. The number of aldehydes is 1. The normalized spacial score (nSPS) is 10.2. The van der Waals surface area contributed by atoms with Crippen molar-refractivity contribution in [3.8, 4) is 5.69 Å². The van der Waals surface area contributed by atoms with Crippen molar-refractivity contribution in [3.63, 3.8) is 0 Å². The van der Waals surface area contributed by atoms with E-state index in [1.54, 1.807) is 0 Å². The Bertz CT molecular complexity index is 534. The Morgan fingerprint density at radius 2 is 1.93 bits per heavy atom. The molecule has 0 aliphatic rings. The van der Waals surface area contributed by atoms with Crippen molar-refractivity contribution >= 4 is 6.29 Å². The zero-order chi connectivity index (χ0) is 10.8. The number of hydrogen-bond acceptors (Lipinski definition) is 2. The average Bonchev–Trinajstić information content (AvgIpc) is 2.61. The Morgan fingerprint density at radius 1 is 1.27 bits per heavy atom. The number of carbonyl (C=O) groups excluding carboxylic acids is 1. The summed E-state index contributed by atoms with van der Waals surface area (Å²) in [5.41, 5.74) is 1.88. The molecule has 2 aromatic rings. The highest BCUT2D eigenvalue weighted by molar-refractivity contribution is 5.71. The van der Waals surface area contributed by atoms with Crippen LogP contribution in [0, 0.1) is 6.92 Å². The van der Waals surface area contributed by atoms with Gasteiger partial charge in [0.15, 0.2) is 6.29 Å². The van der Waals surface area contributed by atoms with Crippen LogP contribution in [0.15, 0.2) is 35.1 Å². The summed E-state index contributed by atoms with van der Waals surface area (Å²) >= 11 is 0. The second-order valence-corrected chi connectivity index (χ2v) is 3.34. The first-order chi connectivity index (χ1) is 7.20. The number of rotatable bonds is 2. The Kier molecular flexibility index (Phi) is 2.25. The van der Waals surface area contributed by atoms with Crippen LogP contribution < -0.4 is 5.56 Å². The van der Waals surface area contributed by atoms with Crippen LogP contribution in [0.25, 0.3) is 5.69 Å². The topological polar surface area (TPSA) is 54.9 Å². The fraction of sp³-hybridized carbons (Fsp3) is 0.0909. The zero-order valence-corrected chi connectivity index (χ0v) is 8.23. The molecule has 15 heavy (non-hydrogen) atoms. The lowest BCUT2D eigenvalue weighted by Gasteiger charge is -2.01. The highest BCUT2D eigenvalue weighted by Gasteiger charge is 2.03. The number of benzene rings is 1. The third-order valence-corrected chi connectivity index (χ3v) is 2.16. The van der Waals surface area contributed by atoms with Gasteiger partial charge in [-0.3, -0.25) is 14.7 Å². The van der Waals surface area contributed by atoms with E-state index in [4.69, 9.17) is 0 Å². The summed E-state index contributed by atoms with van der Waals surface area (Å²) < 4.78 is 1.34. The largest absolute Gasteiger partial charge is 0.296 e. The monoisotopic (exact) mass is 202 g/mol. The number of hydrogen-bond donors (Lipinski definition) is 1. The molecule has 0 aliphatic heterocycles. The Labute approximate surface area is 86.1 Å². The molecule has 0 spiro atoms. The van der Waals surface area contributed by atoms with Crippen molar-refractivity contribution in [2.24, 2.45) is 0 Å². The molecule has 0 aliphatic carbocycles. The van der Waals surface area contributed by atoms with E-state index in [0.717, 1.165) is 11.3 Å². The summed E-state index contributed by atoms with van der Waals surface area (Å²) in [5, 5.41) is 2.70. The summed E-state index contributed by atoms with van der Waals surface area (Å²) in [7, 11) is 0. The molecule has 1 N–H and O–H groups in total. The number of nitrogens with one attached hydrogen (secondary N) is 1. The van der Waals surface area contributed by atoms with E-state index in [1.807, 2.05) is 31.2 Å². The maximum Gasteiger partial charge on any atom is 0.271 e. The van der Waals surface area contributed by atoms with Gasteiger partial charge in [-0.25, -0.2) is 4.68 Å². The first kappa shape index (κ1) is 9.45. The van der Waals surface area contributed by atoms with Gasteiger partial charge in [0.1, 0.15) is 0 Å². The van der Waals surface area contributed by atoms with Gasteiger partial charge in [-0.15, -0.1) is 0 Å². The first-order valence-corrected chi connectivity index (χ1v) is 4.55. The molecule has 1 aromatic heterocycles. The summed E-state index contributed by atoms with van der Waals surface area (Å²) in [6, 6.07) is 8.73. The molecule has 0 saturated carbocycles. The molecule has 1 aromatic carbocycles. The number of H-pyrrole nitrogens is 1. The van der Waals surface area contributed by atoms with Crippen molar-refractivity contribution in [1.29, 1.82) is 0 Å². The Morgan fingerprint density at radius 3 is 2.47 bits per heavy atom. The van der Waals surface area contributed by atoms with Crippen molar-refractivity contribution in [2.45, 2.75) is 6.92 Å². The molecule has 4 nitrogen and oxygen atoms in total. The Balaban J connectivity index is 2.53. The minimum absolute atomic E-state index is 0.235. The van der Waals surface area contributed by atoms with Gasteiger partial charge in [0.05, 0.1) is 11.4 Å². The van der Waals surface area contributed by atoms with Gasteiger partial charge in [0, 0.05) is 6.07 Å². The van der Waals surface area contributed by atoms with E-state index in [-0.39, 0.29) is 11.3 Å². The highest BCUT2D eigenvalue weighted by Crippen LogP contribution is 2.05. The summed E-state index contributed by atoms with van der Waals surface area (Å²) in [6.07, 6.45) is 0.617. The second kappa shape index (κ2) is 3.57. The fourth-order valence-electron chi connectivity index (χ4n) is 1.36. The van der Waals surface area contributed by atoms with Crippen LogP contribution in [0.3, 0.4) is 0 Å². The van der Waals surface area contributed by atoms with Crippen LogP contribution in [0.5, 0.6) is 0 Å². The second-order valence-electron chi connectivity index (χ2n) is 3.34. The molecule has 0 amide bonds. The van der Waals surface area contributed by atoms with E-state index in [2.05, 4.69) is 5.10 Å². The van der Waals surface area contributed by atoms with E-state index >= 15 is 0 Å². The standard InChI is InChI=1S/C11H10N2O2/c1-8-2-4-10(5-3-8)13-11(15)6-9(7-14)12-13/h2-7,12H,1H3. The number of carbonyl (C=O) groups is 1. The zero-order valence-electron chi connectivity index (χ0n) is 8.23. The van der Waals surface area contributed by atoms with Crippen molar-refractivity contribution in [1.82, 2.24) is 9.78 Å². The molecular formula is C11H10N2O2. The van der Waals surface area contributed by atoms with Gasteiger partial charge >= 0.3 is 0 Å². The molecule has 0 atom stereocenters. The highest BCUT2D eigenvalue weighted by atomic mass is 16.1.